The van der Waals surface area contributed by atoms with Crippen LogP contribution in [0.15, 0.2) is 36.7 Å². The first kappa shape index (κ1) is 16.7. The first-order chi connectivity index (χ1) is 12.1. The van der Waals surface area contributed by atoms with Gasteiger partial charge in [-0.15, -0.1) is 0 Å². The lowest BCUT2D eigenvalue weighted by molar-refractivity contribution is -0.148. The second-order valence-electron chi connectivity index (χ2n) is 5.59. The van der Waals surface area contributed by atoms with Crippen molar-refractivity contribution in [3.8, 4) is 6.01 Å². The molecule has 0 aliphatic carbocycles. The minimum Gasteiger partial charge on any atom is -0.480 e. The first-order valence-electron chi connectivity index (χ1n) is 7.96. The third kappa shape index (κ3) is 3.52. The van der Waals surface area contributed by atoms with Gasteiger partial charge in [0.1, 0.15) is 6.33 Å². The van der Waals surface area contributed by atoms with E-state index < -0.39 is 5.92 Å². The summed E-state index contributed by atoms with van der Waals surface area (Å²) in [5, 5.41) is 10.2. The van der Waals surface area contributed by atoms with E-state index in [1.54, 1.807) is 6.92 Å². The number of anilines is 1. The number of nitrogens with two attached hydrogens (primary N) is 1. The van der Waals surface area contributed by atoms with Crippen molar-refractivity contribution in [3.63, 3.8) is 0 Å². The molecule has 0 bridgehead atoms. The second-order valence-corrected chi connectivity index (χ2v) is 5.59. The molecule has 0 fully saturated rings. The molecule has 0 saturated carbocycles. The fourth-order valence-corrected chi connectivity index (χ4v) is 2.71. The number of hydrogen-bond donors (Lipinski definition) is 2. The molecular formula is C17H19N5O3. The molecule has 8 heteroatoms. The summed E-state index contributed by atoms with van der Waals surface area (Å²) < 4.78 is 6.65. The number of carbonyl (C=O) groups is 1. The number of aromatic hydroxyl groups is 1. The predicted octanol–water partition coefficient (Wildman–Crippen LogP) is 1.54. The molecule has 1 aromatic carbocycles. The van der Waals surface area contributed by atoms with E-state index in [1.165, 1.54) is 10.9 Å². The number of ether oxygens (including phenoxy) is 1. The van der Waals surface area contributed by atoms with E-state index in [2.05, 4.69) is 15.0 Å². The van der Waals surface area contributed by atoms with Crippen molar-refractivity contribution < 1.29 is 14.6 Å². The minimum absolute atomic E-state index is 0.173. The average molecular weight is 341 g/mol. The maximum atomic E-state index is 12.4. The third-order valence-corrected chi connectivity index (χ3v) is 3.89. The summed E-state index contributed by atoms with van der Waals surface area (Å²) >= 11 is 0. The Morgan fingerprint density at radius 3 is 2.80 bits per heavy atom. The van der Waals surface area contributed by atoms with Crippen molar-refractivity contribution in [2.24, 2.45) is 5.92 Å². The highest BCUT2D eigenvalue weighted by atomic mass is 16.5. The van der Waals surface area contributed by atoms with Crippen LogP contribution in [-0.2, 0) is 22.5 Å². The molecule has 130 valence electrons. The number of esters is 1. The maximum absolute atomic E-state index is 12.4. The summed E-state index contributed by atoms with van der Waals surface area (Å²) in [7, 11) is 0. The van der Waals surface area contributed by atoms with E-state index in [0.29, 0.717) is 17.6 Å². The van der Waals surface area contributed by atoms with E-state index in [9.17, 15) is 9.90 Å². The van der Waals surface area contributed by atoms with Gasteiger partial charge in [-0.2, -0.15) is 4.98 Å². The Balaban J connectivity index is 1.93. The highest BCUT2D eigenvalue weighted by Gasteiger charge is 2.24. The van der Waals surface area contributed by atoms with Crippen molar-refractivity contribution in [2.45, 2.75) is 19.9 Å². The lowest BCUT2D eigenvalue weighted by Gasteiger charge is -2.17. The van der Waals surface area contributed by atoms with Crippen molar-refractivity contribution in [2.75, 3.05) is 12.3 Å². The smallest absolute Gasteiger partial charge is 0.311 e. The Morgan fingerprint density at radius 2 is 2.08 bits per heavy atom. The lowest BCUT2D eigenvalue weighted by Crippen LogP contribution is -2.25. The van der Waals surface area contributed by atoms with Crippen LogP contribution in [0.1, 0.15) is 12.5 Å². The van der Waals surface area contributed by atoms with Crippen LogP contribution in [0.25, 0.3) is 11.2 Å². The fraction of sp³-hybridized carbons (Fsp3) is 0.294. The number of hydrogen-bond acceptors (Lipinski definition) is 7. The highest BCUT2D eigenvalue weighted by molar-refractivity contribution is 5.82. The van der Waals surface area contributed by atoms with Gasteiger partial charge < -0.3 is 15.6 Å². The molecule has 3 rings (SSSR count). The summed E-state index contributed by atoms with van der Waals surface area (Å²) in [5.41, 5.74) is 7.46. The molecule has 25 heavy (non-hydrogen) atoms. The maximum Gasteiger partial charge on any atom is 0.311 e. The van der Waals surface area contributed by atoms with E-state index >= 15 is 0 Å². The van der Waals surface area contributed by atoms with Crippen LogP contribution in [0.2, 0.25) is 0 Å². The van der Waals surface area contributed by atoms with Crippen molar-refractivity contribution in [1.29, 1.82) is 0 Å². The summed E-state index contributed by atoms with van der Waals surface area (Å²) in [4.78, 5) is 24.4. The number of fused-ring (bicyclic) bond motifs is 1. The van der Waals surface area contributed by atoms with Crippen LogP contribution in [0.5, 0.6) is 6.01 Å². The zero-order chi connectivity index (χ0) is 17.8. The molecule has 1 atom stereocenters. The Hall–Kier alpha value is -3.16. The SMILES string of the molecule is CCOC(=O)C(Cc1ccccc1)Cn1c(O)nc2c(N)ncnc21. The van der Waals surface area contributed by atoms with Gasteiger partial charge in [-0.3, -0.25) is 9.36 Å². The van der Waals surface area contributed by atoms with Crippen molar-refractivity contribution >= 4 is 23.0 Å². The van der Waals surface area contributed by atoms with Crippen LogP contribution in [0.3, 0.4) is 0 Å². The van der Waals surface area contributed by atoms with Crippen molar-refractivity contribution in [3.05, 3.63) is 42.2 Å². The Labute approximate surface area is 144 Å². The van der Waals surface area contributed by atoms with Gasteiger partial charge in [0.15, 0.2) is 17.0 Å². The van der Waals surface area contributed by atoms with Gasteiger partial charge in [0, 0.05) is 6.54 Å². The standard InChI is InChI=1S/C17H19N5O3/c1-2-25-16(23)12(8-11-6-4-3-5-7-11)9-22-15-13(21-17(22)24)14(18)19-10-20-15/h3-7,10,12H,2,8-9H2,1H3,(H,21,24)(H2,18,19,20). The molecule has 0 amide bonds. The van der Waals surface area contributed by atoms with Crippen molar-refractivity contribution in [1.82, 2.24) is 19.5 Å². The van der Waals surface area contributed by atoms with E-state index in [4.69, 9.17) is 10.5 Å². The average Bonchev–Trinajstić information content (AvgIpc) is 2.93. The summed E-state index contributed by atoms with van der Waals surface area (Å²) in [5.74, 6) is -0.661. The summed E-state index contributed by atoms with van der Waals surface area (Å²) in [6, 6.07) is 9.36. The van der Waals surface area contributed by atoms with Crippen LogP contribution in [0.4, 0.5) is 5.82 Å². The van der Waals surface area contributed by atoms with Gasteiger partial charge in [0.05, 0.1) is 12.5 Å². The van der Waals surface area contributed by atoms with Crippen LogP contribution in [0, 0.1) is 5.92 Å². The van der Waals surface area contributed by atoms with E-state index in [-0.39, 0.29) is 30.9 Å². The monoisotopic (exact) mass is 341 g/mol. The van der Waals surface area contributed by atoms with Gasteiger partial charge in [0.2, 0.25) is 0 Å². The Kier molecular flexibility index (Phi) is 4.78. The third-order valence-electron chi connectivity index (χ3n) is 3.89. The fourth-order valence-electron chi connectivity index (χ4n) is 2.71. The van der Waals surface area contributed by atoms with Gasteiger partial charge in [-0.1, -0.05) is 30.3 Å². The van der Waals surface area contributed by atoms with Gasteiger partial charge in [0.25, 0.3) is 6.01 Å². The lowest BCUT2D eigenvalue weighted by atomic mass is 9.99. The Morgan fingerprint density at radius 1 is 1.32 bits per heavy atom. The molecule has 0 aliphatic rings. The summed E-state index contributed by atoms with van der Waals surface area (Å²) in [6.07, 6.45) is 1.77. The van der Waals surface area contributed by atoms with Gasteiger partial charge in [-0.25, -0.2) is 9.97 Å². The molecular weight excluding hydrogens is 322 g/mol. The largest absolute Gasteiger partial charge is 0.480 e. The zero-order valence-corrected chi connectivity index (χ0v) is 13.8. The number of benzene rings is 1. The van der Waals surface area contributed by atoms with E-state index in [1.807, 2.05) is 30.3 Å². The second kappa shape index (κ2) is 7.16. The van der Waals surface area contributed by atoms with Crippen LogP contribution in [-0.4, -0.2) is 37.2 Å². The van der Waals surface area contributed by atoms with Crippen LogP contribution >= 0.6 is 0 Å². The number of imidazole rings is 1. The molecule has 0 radical (unpaired) electrons. The molecule has 8 nitrogen and oxygen atoms in total. The molecule has 1 unspecified atom stereocenters. The normalized spacial score (nSPS) is 12.2. The number of aromatic nitrogens is 4. The topological polar surface area (TPSA) is 116 Å². The molecule has 2 aromatic heterocycles. The molecule has 2 heterocycles. The number of nitrogen functional groups attached to an aromatic ring is 1. The highest BCUT2D eigenvalue weighted by Crippen LogP contribution is 2.24. The number of nitrogens with zero attached hydrogens (tertiary/aromatic N) is 4. The molecule has 0 saturated heterocycles. The quantitative estimate of drug-likeness (QED) is 0.653. The zero-order valence-electron chi connectivity index (χ0n) is 13.8. The molecule has 0 aliphatic heterocycles. The van der Waals surface area contributed by atoms with Gasteiger partial charge in [-0.05, 0) is 18.9 Å². The van der Waals surface area contributed by atoms with Gasteiger partial charge >= 0.3 is 5.97 Å². The molecule has 0 spiro atoms. The minimum atomic E-state index is -0.498. The summed E-state index contributed by atoms with van der Waals surface area (Å²) in [6.45, 7) is 2.22. The number of rotatable bonds is 6. The predicted molar refractivity (Wildman–Crippen MR) is 91.7 cm³/mol. The molecule has 3 N–H and O–H groups in total. The number of carbonyl (C=O) groups excluding carboxylic acids is 1. The van der Waals surface area contributed by atoms with Crippen LogP contribution < -0.4 is 5.73 Å². The van der Waals surface area contributed by atoms with E-state index in [0.717, 1.165) is 5.56 Å². The first-order valence-corrected chi connectivity index (χ1v) is 7.96. The molecule has 3 aromatic rings. The Bertz CT molecular complexity index is 879.